The molecule has 2 N–H and O–H groups in total. The molecule has 2 heterocycles. The Hall–Kier alpha value is -0.420. The minimum absolute atomic E-state index is 0.621. The summed E-state index contributed by atoms with van der Waals surface area (Å²) in [7, 11) is 0. The highest BCUT2D eigenvalue weighted by Gasteiger charge is 2.33. The van der Waals surface area contributed by atoms with E-state index in [0.29, 0.717) is 12.0 Å². The van der Waals surface area contributed by atoms with Crippen molar-refractivity contribution in [1.29, 1.82) is 0 Å². The van der Waals surface area contributed by atoms with Crippen LogP contribution in [0.2, 0.25) is 0 Å². The van der Waals surface area contributed by atoms with Crippen LogP contribution in [0.3, 0.4) is 0 Å². The Morgan fingerprint density at radius 1 is 1.44 bits per heavy atom. The Bertz CT molecular complexity index is 387. The highest BCUT2D eigenvalue weighted by Crippen LogP contribution is 2.49. The number of nitrogen functional groups attached to an aromatic ring is 1. The average Bonchev–Trinajstić information content (AvgIpc) is 3.04. The molecule has 88 valence electrons. The predicted molar refractivity (Wildman–Crippen MR) is 72.6 cm³/mol. The maximum atomic E-state index is 6.00. The number of rotatable bonds is 2. The molecule has 0 radical (unpaired) electrons. The summed E-state index contributed by atoms with van der Waals surface area (Å²) in [5.41, 5.74) is 7.35. The normalized spacial score (nSPS) is 26.1. The van der Waals surface area contributed by atoms with Gasteiger partial charge in [0.2, 0.25) is 0 Å². The van der Waals surface area contributed by atoms with Gasteiger partial charge in [0.15, 0.2) is 0 Å². The van der Waals surface area contributed by atoms with E-state index in [1.54, 1.807) is 11.5 Å². The van der Waals surface area contributed by atoms with E-state index in [-0.39, 0.29) is 0 Å². The molecule has 1 aliphatic heterocycles. The topological polar surface area (TPSA) is 42.2 Å². The standard InChI is InChI=1S/C11H17N3S2/c1-7-6-15-5-4-14(7)11-9(8-2-3-8)10(12)13-16-11/h7-8H,2-6H2,1H3,(H2,12,13). The SMILES string of the molecule is CC1CSCCN1c1snc(N)c1C1CC1. The van der Waals surface area contributed by atoms with Crippen molar-refractivity contribution in [3.05, 3.63) is 5.56 Å². The van der Waals surface area contributed by atoms with Crippen molar-refractivity contribution in [3.63, 3.8) is 0 Å². The molecule has 3 rings (SSSR count). The zero-order valence-corrected chi connectivity index (χ0v) is 11.1. The second-order valence-corrected chi connectivity index (χ2v) is 6.58. The first-order valence-electron chi connectivity index (χ1n) is 5.87. The van der Waals surface area contributed by atoms with E-state index in [1.165, 1.54) is 34.9 Å². The number of nitrogens with zero attached hydrogens (tertiary/aromatic N) is 2. The predicted octanol–water partition coefficient (Wildman–Crippen LogP) is 2.54. The fourth-order valence-electron chi connectivity index (χ4n) is 2.29. The zero-order valence-electron chi connectivity index (χ0n) is 9.48. The van der Waals surface area contributed by atoms with Gasteiger partial charge < -0.3 is 10.6 Å². The van der Waals surface area contributed by atoms with E-state index in [1.807, 2.05) is 11.8 Å². The maximum Gasteiger partial charge on any atom is 0.142 e. The van der Waals surface area contributed by atoms with E-state index in [9.17, 15) is 0 Å². The summed E-state index contributed by atoms with van der Waals surface area (Å²) >= 11 is 3.65. The fraction of sp³-hybridized carbons (Fsp3) is 0.727. The van der Waals surface area contributed by atoms with Crippen molar-refractivity contribution >= 4 is 34.1 Å². The molecule has 1 aliphatic carbocycles. The van der Waals surface area contributed by atoms with E-state index in [2.05, 4.69) is 16.2 Å². The van der Waals surface area contributed by atoms with Crippen molar-refractivity contribution in [1.82, 2.24) is 4.37 Å². The number of anilines is 2. The van der Waals surface area contributed by atoms with Crippen molar-refractivity contribution in [3.8, 4) is 0 Å². The minimum Gasteiger partial charge on any atom is -0.383 e. The van der Waals surface area contributed by atoms with E-state index in [4.69, 9.17) is 5.73 Å². The molecule has 1 unspecified atom stereocenters. The van der Waals surface area contributed by atoms with Gasteiger partial charge in [-0.2, -0.15) is 16.1 Å². The third kappa shape index (κ3) is 1.80. The molecule has 1 saturated heterocycles. The van der Waals surface area contributed by atoms with Crippen LogP contribution >= 0.6 is 23.3 Å². The van der Waals surface area contributed by atoms with E-state index < -0.39 is 0 Å². The van der Waals surface area contributed by atoms with Crippen LogP contribution in [0.1, 0.15) is 31.2 Å². The van der Waals surface area contributed by atoms with Gasteiger partial charge in [-0.05, 0) is 37.2 Å². The number of thioether (sulfide) groups is 1. The second kappa shape index (κ2) is 4.11. The fourth-order valence-corrected chi connectivity index (χ4v) is 4.33. The van der Waals surface area contributed by atoms with E-state index >= 15 is 0 Å². The van der Waals surface area contributed by atoms with Crippen LogP contribution in [0.5, 0.6) is 0 Å². The van der Waals surface area contributed by atoms with Gasteiger partial charge in [-0.25, -0.2) is 0 Å². The first kappa shape index (κ1) is 10.7. The van der Waals surface area contributed by atoms with Crippen LogP contribution in [0.4, 0.5) is 10.8 Å². The average molecular weight is 255 g/mol. The van der Waals surface area contributed by atoms with Crippen molar-refractivity contribution < 1.29 is 0 Å². The molecule has 1 aromatic heterocycles. The molecular weight excluding hydrogens is 238 g/mol. The second-order valence-electron chi connectivity index (χ2n) is 4.68. The third-order valence-electron chi connectivity index (χ3n) is 3.35. The van der Waals surface area contributed by atoms with Gasteiger partial charge >= 0.3 is 0 Å². The van der Waals surface area contributed by atoms with Crippen LogP contribution in [-0.2, 0) is 0 Å². The highest BCUT2D eigenvalue weighted by atomic mass is 32.2. The molecule has 0 aromatic carbocycles. The summed E-state index contributed by atoms with van der Waals surface area (Å²) in [5.74, 6) is 3.94. The van der Waals surface area contributed by atoms with Crippen molar-refractivity contribution in [2.24, 2.45) is 0 Å². The van der Waals surface area contributed by atoms with Crippen LogP contribution in [0.25, 0.3) is 0 Å². The Morgan fingerprint density at radius 2 is 2.25 bits per heavy atom. The molecule has 2 fully saturated rings. The molecular formula is C11H17N3S2. The third-order valence-corrected chi connectivity index (χ3v) is 5.46. The molecule has 1 aromatic rings. The van der Waals surface area contributed by atoms with Gasteiger partial charge in [0.05, 0.1) is 0 Å². The first-order chi connectivity index (χ1) is 7.77. The quantitative estimate of drug-likeness (QED) is 0.882. The maximum absolute atomic E-state index is 6.00. The Morgan fingerprint density at radius 3 is 2.94 bits per heavy atom. The number of nitrogens with two attached hydrogens (primary N) is 1. The van der Waals surface area contributed by atoms with Gasteiger partial charge in [0.1, 0.15) is 10.8 Å². The summed E-state index contributed by atoms with van der Waals surface area (Å²) in [4.78, 5) is 2.51. The highest BCUT2D eigenvalue weighted by molar-refractivity contribution is 7.99. The number of aromatic nitrogens is 1. The van der Waals surface area contributed by atoms with Gasteiger partial charge in [-0.3, -0.25) is 0 Å². The first-order valence-corrected chi connectivity index (χ1v) is 7.79. The van der Waals surface area contributed by atoms with Crippen molar-refractivity contribution in [2.45, 2.75) is 31.7 Å². The molecule has 1 saturated carbocycles. The summed E-state index contributed by atoms with van der Waals surface area (Å²) in [6.45, 7) is 3.45. The molecule has 0 spiro atoms. The molecule has 1 atom stereocenters. The molecule has 3 nitrogen and oxygen atoms in total. The van der Waals surface area contributed by atoms with Gasteiger partial charge in [-0.15, -0.1) is 0 Å². The van der Waals surface area contributed by atoms with Gasteiger partial charge in [0.25, 0.3) is 0 Å². The Kier molecular flexibility index (Phi) is 2.75. The number of hydrogen-bond acceptors (Lipinski definition) is 5. The van der Waals surface area contributed by atoms with Gasteiger partial charge in [0, 0.05) is 29.7 Å². The number of hydrogen-bond donors (Lipinski definition) is 1. The van der Waals surface area contributed by atoms with Crippen molar-refractivity contribution in [2.75, 3.05) is 28.7 Å². The molecule has 0 amide bonds. The molecule has 5 heteroatoms. The summed E-state index contributed by atoms with van der Waals surface area (Å²) in [5, 5.41) is 1.35. The van der Waals surface area contributed by atoms with Crippen LogP contribution < -0.4 is 10.6 Å². The lowest BCUT2D eigenvalue weighted by Crippen LogP contribution is -2.40. The lowest BCUT2D eigenvalue weighted by molar-refractivity contribution is 0.702. The summed E-state index contributed by atoms with van der Waals surface area (Å²) in [6, 6.07) is 0.621. The summed E-state index contributed by atoms with van der Waals surface area (Å²) < 4.78 is 4.36. The van der Waals surface area contributed by atoms with E-state index in [0.717, 1.165) is 12.4 Å². The zero-order chi connectivity index (χ0) is 11.1. The molecule has 2 aliphatic rings. The van der Waals surface area contributed by atoms with Crippen LogP contribution in [0.15, 0.2) is 0 Å². The smallest absolute Gasteiger partial charge is 0.142 e. The molecule has 16 heavy (non-hydrogen) atoms. The summed E-state index contributed by atoms with van der Waals surface area (Å²) in [6.07, 6.45) is 2.60. The largest absolute Gasteiger partial charge is 0.383 e. The lowest BCUT2D eigenvalue weighted by Gasteiger charge is -2.34. The van der Waals surface area contributed by atoms with Crippen LogP contribution in [0, 0.1) is 0 Å². The Balaban J connectivity index is 1.92. The lowest BCUT2D eigenvalue weighted by atomic mass is 10.2. The van der Waals surface area contributed by atoms with Gasteiger partial charge in [-0.1, -0.05) is 0 Å². The van der Waals surface area contributed by atoms with Crippen LogP contribution in [-0.4, -0.2) is 28.5 Å². The monoisotopic (exact) mass is 255 g/mol. The molecule has 0 bridgehead atoms. The minimum atomic E-state index is 0.621. The Labute approximate surface area is 105 Å².